The summed E-state index contributed by atoms with van der Waals surface area (Å²) in [6.07, 6.45) is -12.3. The van der Waals surface area contributed by atoms with E-state index in [1.165, 1.54) is 0 Å². The lowest BCUT2D eigenvalue weighted by atomic mass is 9.96. The summed E-state index contributed by atoms with van der Waals surface area (Å²) in [6.45, 7) is 0.364. The van der Waals surface area contributed by atoms with Gasteiger partial charge in [-0.25, -0.2) is 0 Å². The molecule has 0 aromatic carbocycles. The molecule has 3 heterocycles. The molecule has 0 saturated carbocycles. The van der Waals surface area contributed by atoms with Gasteiger partial charge >= 0.3 is 0 Å². The van der Waals surface area contributed by atoms with Crippen molar-refractivity contribution in [2.45, 2.75) is 61.3 Å². The molecule has 8 N–H and O–H groups in total. The van der Waals surface area contributed by atoms with Gasteiger partial charge in [-0.1, -0.05) is 0 Å². The molecule has 3 aliphatic rings. The number of piperazine rings is 1. The van der Waals surface area contributed by atoms with Crippen LogP contribution in [0.4, 0.5) is 0 Å². The van der Waals surface area contributed by atoms with Gasteiger partial charge in [0.15, 0.2) is 0 Å². The van der Waals surface area contributed by atoms with E-state index in [2.05, 4.69) is 0 Å². The van der Waals surface area contributed by atoms with Gasteiger partial charge in [0.1, 0.15) is 61.3 Å². The van der Waals surface area contributed by atoms with E-state index in [-0.39, 0.29) is 0 Å². The number of ether oxygens (including phenoxy) is 2. The Kier molecular flexibility index (Phi) is 7.23. The minimum absolute atomic E-state index is 0.345. The zero-order chi connectivity index (χ0) is 20.6. The standard InChI is InChI=1S/C16H30N2O10/c19-5-7-9(21)11(23)13(25)15(27-7)17-1-2-18(4-3-17)16-14(26)12(24)10(22)8(6-20)28-16/h7-16,19-26H,1-6H2/t7-,8-,9+,10+,11+,12+,13+,14+,15-,16-/m0/s1. The second-order valence-corrected chi connectivity index (χ2v) is 7.51. The van der Waals surface area contributed by atoms with Gasteiger partial charge in [0.25, 0.3) is 0 Å². The van der Waals surface area contributed by atoms with E-state index in [0.29, 0.717) is 26.2 Å². The first-order chi connectivity index (χ1) is 13.3. The number of hydrogen-bond donors (Lipinski definition) is 8. The van der Waals surface area contributed by atoms with Crippen LogP contribution in [0.15, 0.2) is 0 Å². The van der Waals surface area contributed by atoms with E-state index in [0.717, 1.165) is 0 Å². The van der Waals surface area contributed by atoms with Crippen LogP contribution < -0.4 is 0 Å². The predicted molar refractivity (Wildman–Crippen MR) is 90.7 cm³/mol. The van der Waals surface area contributed by atoms with Crippen molar-refractivity contribution in [3.8, 4) is 0 Å². The topological polar surface area (TPSA) is 187 Å². The van der Waals surface area contributed by atoms with Crippen LogP contribution in [0.25, 0.3) is 0 Å². The summed E-state index contributed by atoms with van der Waals surface area (Å²) in [6, 6.07) is 0. The minimum atomic E-state index is -1.46. The van der Waals surface area contributed by atoms with Crippen LogP contribution in [0, 0.1) is 0 Å². The average Bonchev–Trinajstić information content (AvgIpc) is 2.71. The van der Waals surface area contributed by atoms with Crippen molar-refractivity contribution in [2.75, 3.05) is 39.4 Å². The largest absolute Gasteiger partial charge is 0.394 e. The van der Waals surface area contributed by atoms with Gasteiger partial charge in [-0.05, 0) is 0 Å². The quantitative estimate of drug-likeness (QED) is 0.220. The van der Waals surface area contributed by atoms with E-state index in [9.17, 15) is 40.9 Å². The van der Waals surface area contributed by atoms with E-state index in [4.69, 9.17) is 9.47 Å². The van der Waals surface area contributed by atoms with Crippen molar-refractivity contribution in [2.24, 2.45) is 0 Å². The minimum Gasteiger partial charge on any atom is -0.394 e. The highest BCUT2D eigenvalue weighted by atomic mass is 16.6. The lowest BCUT2D eigenvalue weighted by Gasteiger charge is -2.50. The molecule has 0 aromatic rings. The number of rotatable bonds is 4. The highest BCUT2D eigenvalue weighted by molar-refractivity contribution is 4.95. The molecule has 0 aromatic heterocycles. The van der Waals surface area contributed by atoms with Crippen molar-refractivity contribution in [3.63, 3.8) is 0 Å². The van der Waals surface area contributed by atoms with Crippen LogP contribution in [-0.2, 0) is 9.47 Å². The van der Waals surface area contributed by atoms with Gasteiger partial charge in [0, 0.05) is 26.2 Å². The fraction of sp³-hybridized carbons (Fsp3) is 1.00. The number of aliphatic hydroxyl groups excluding tert-OH is 8. The van der Waals surface area contributed by atoms with Crippen molar-refractivity contribution in [1.82, 2.24) is 9.80 Å². The summed E-state index contributed by atoms with van der Waals surface area (Å²) in [4.78, 5) is 3.48. The number of aliphatic hydroxyl groups is 8. The third-order valence-electron chi connectivity index (χ3n) is 5.80. The fourth-order valence-corrected chi connectivity index (χ4v) is 4.01. The lowest BCUT2D eigenvalue weighted by molar-refractivity contribution is -0.283. The molecule has 164 valence electrons. The second kappa shape index (κ2) is 9.12. The van der Waals surface area contributed by atoms with E-state index in [1.807, 2.05) is 0 Å². The maximum atomic E-state index is 10.2. The van der Waals surface area contributed by atoms with Crippen LogP contribution in [-0.4, -0.2) is 151 Å². The Labute approximate surface area is 161 Å². The molecular weight excluding hydrogens is 380 g/mol. The molecule has 12 nitrogen and oxygen atoms in total. The molecule has 3 aliphatic heterocycles. The van der Waals surface area contributed by atoms with E-state index >= 15 is 0 Å². The molecule has 12 heteroatoms. The van der Waals surface area contributed by atoms with Gasteiger partial charge in [-0.3, -0.25) is 9.80 Å². The Bertz CT molecular complexity index is 460. The molecule has 0 aliphatic carbocycles. The second-order valence-electron chi connectivity index (χ2n) is 7.51. The molecular formula is C16H30N2O10. The van der Waals surface area contributed by atoms with Crippen LogP contribution >= 0.6 is 0 Å². The highest BCUT2D eigenvalue weighted by Gasteiger charge is 2.48. The van der Waals surface area contributed by atoms with Gasteiger partial charge < -0.3 is 50.3 Å². The van der Waals surface area contributed by atoms with Gasteiger partial charge in [0.05, 0.1) is 13.2 Å². The third kappa shape index (κ3) is 4.05. The first-order valence-corrected chi connectivity index (χ1v) is 9.39. The molecule has 10 atom stereocenters. The van der Waals surface area contributed by atoms with E-state index < -0.39 is 74.5 Å². The van der Waals surface area contributed by atoms with Gasteiger partial charge in [-0.2, -0.15) is 0 Å². The Morgan fingerprint density at radius 3 is 1.14 bits per heavy atom. The van der Waals surface area contributed by atoms with Gasteiger partial charge in [0.2, 0.25) is 0 Å². The van der Waals surface area contributed by atoms with Crippen molar-refractivity contribution in [1.29, 1.82) is 0 Å². The molecule has 0 unspecified atom stereocenters. The van der Waals surface area contributed by atoms with Crippen LogP contribution in [0.3, 0.4) is 0 Å². The fourth-order valence-electron chi connectivity index (χ4n) is 4.01. The summed E-state index contributed by atoms with van der Waals surface area (Å²) >= 11 is 0. The number of nitrogens with zero attached hydrogens (tertiary/aromatic N) is 2. The highest BCUT2D eigenvalue weighted by Crippen LogP contribution is 2.27. The zero-order valence-corrected chi connectivity index (χ0v) is 15.3. The average molecular weight is 410 g/mol. The van der Waals surface area contributed by atoms with Crippen LogP contribution in [0.2, 0.25) is 0 Å². The Balaban J connectivity index is 1.61. The van der Waals surface area contributed by atoms with Crippen LogP contribution in [0.1, 0.15) is 0 Å². The lowest BCUT2D eigenvalue weighted by Crippen LogP contribution is -2.68. The summed E-state index contributed by atoms with van der Waals surface area (Å²) in [5.74, 6) is 0. The first-order valence-electron chi connectivity index (χ1n) is 9.39. The smallest absolute Gasteiger partial charge is 0.140 e. The van der Waals surface area contributed by atoms with Crippen molar-refractivity contribution < 1.29 is 50.3 Å². The monoisotopic (exact) mass is 410 g/mol. The SMILES string of the molecule is OC[C@@H]1O[C@H](N2CCN([C@H]3O[C@@H](CO)[C@@H](O)[C@@H](O)[C@H]3O)CC2)[C@H](O)[C@H](O)[C@@H]1O. The number of hydrogen-bond acceptors (Lipinski definition) is 12. The molecule has 0 amide bonds. The molecule has 3 saturated heterocycles. The summed E-state index contributed by atoms with van der Waals surface area (Å²) in [5.41, 5.74) is 0. The Morgan fingerprint density at radius 2 is 0.857 bits per heavy atom. The summed E-state index contributed by atoms with van der Waals surface area (Å²) < 4.78 is 11.1. The first kappa shape index (κ1) is 22.2. The van der Waals surface area contributed by atoms with Crippen molar-refractivity contribution in [3.05, 3.63) is 0 Å². The third-order valence-corrected chi connectivity index (χ3v) is 5.80. The van der Waals surface area contributed by atoms with Gasteiger partial charge in [-0.15, -0.1) is 0 Å². The van der Waals surface area contributed by atoms with Crippen molar-refractivity contribution >= 4 is 0 Å². The summed E-state index contributed by atoms with van der Waals surface area (Å²) in [5, 5.41) is 78.7. The normalized spacial score (nSPS) is 49.3. The maximum absolute atomic E-state index is 10.2. The Hall–Kier alpha value is -0.480. The van der Waals surface area contributed by atoms with Crippen LogP contribution in [0.5, 0.6) is 0 Å². The molecule has 28 heavy (non-hydrogen) atoms. The Morgan fingerprint density at radius 1 is 0.536 bits per heavy atom. The molecule has 3 rings (SSSR count). The zero-order valence-electron chi connectivity index (χ0n) is 15.3. The predicted octanol–water partition coefficient (Wildman–Crippen LogP) is -5.80. The molecule has 3 fully saturated rings. The summed E-state index contributed by atoms with van der Waals surface area (Å²) in [7, 11) is 0. The molecule has 0 radical (unpaired) electrons. The maximum Gasteiger partial charge on any atom is 0.140 e. The molecule has 0 bridgehead atoms. The molecule has 0 spiro atoms. The van der Waals surface area contributed by atoms with E-state index in [1.54, 1.807) is 9.80 Å².